The molecule has 3 nitrogen and oxygen atoms in total. The van der Waals surface area contributed by atoms with Gasteiger partial charge in [0.1, 0.15) is 4.99 Å². The number of hydrogen-bond acceptors (Lipinski definition) is 3. The van der Waals surface area contributed by atoms with E-state index in [4.69, 9.17) is 18.0 Å². The van der Waals surface area contributed by atoms with Crippen molar-refractivity contribution in [3.05, 3.63) is 28.0 Å². The zero-order valence-corrected chi connectivity index (χ0v) is 14.4. The topological polar surface area (TPSA) is 41.3 Å². The van der Waals surface area contributed by atoms with Crippen LogP contribution >= 0.6 is 28.1 Å². The van der Waals surface area contributed by atoms with E-state index in [0.717, 1.165) is 13.0 Å². The summed E-state index contributed by atoms with van der Waals surface area (Å²) in [6, 6.07) is 3.91. The van der Waals surface area contributed by atoms with Gasteiger partial charge in [0, 0.05) is 18.2 Å². The molecule has 0 unspecified atom stereocenters. The molecule has 0 radical (unpaired) electrons. The van der Waals surface area contributed by atoms with Gasteiger partial charge in [-0.25, -0.2) is 4.39 Å². The molecular weight excluding hydrogens is 341 g/mol. The predicted molar refractivity (Wildman–Crippen MR) is 90.9 cm³/mol. The number of nitrogens with zero attached hydrogens (tertiary/aromatic N) is 1. The summed E-state index contributed by atoms with van der Waals surface area (Å²) in [5, 5.41) is 3.10. The lowest BCUT2D eigenvalue weighted by atomic mass is 10.2. The van der Waals surface area contributed by atoms with Gasteiger partial charge < -0.3 is 16.0 Å². The molecule has 1 aromatic rings. The Morgan fingerprint density at radius 2 is 2.15 bits per heavy atom. The molecule has 0 aliphatic carbocycles. The molecular formula is C14H21BrFN3S. The van der Waals surface area contributed by atoms with Crippen LogP contribution in [0.1, 0.15) is 25.8 Å². The Balaban J connectivity index is 2.57. The zero-order chi connectivity index (χ0) is 15.3. The first-order valence-corrected chi connectivity index (χ1v) is 7.76. The fourth-order valence-corrected chi connectivity index (χ4v) is 2.55. The molecule has 0 atom stereocenters. The van der Waals surface area contributed by atoms with Gasteiger partial charge >= 0.3 is 0 Å². The maximum atomic E-state index is 14.1. The molecule has 0 saturated carbocycles. The van der Waals surface area contributed by atoms with Gasteiger partial charge in [-0.2, -0.15) is 0 Å². The summed E-state index contributed by atoms with van der Waals surface area (Å²) >= 11 is 8.06. The minimum Gasteiger partial charge on any atom is -0.389 e. The van der Waals surface area contributed by atoms with E-state index in [1.165, 1.54) is 0 Å². The number of nitrogens with two attached hydrogens (primary N) is 1. The van der Waals surface area contributed by atoms with Gasteiger partial charge in [-0.1, -0.05) is 12.2 Å². The number of thiocarbonyl (C=S) groups is 1. The summed E-state index contributed by atoms with van der Waals surface area (Å²) in [6.45, 7) is 5.99. The first-order chi connectivity index (χ1) is 9.34. The predicted octanol–water partition coefficient (Wildman–Crippen LogP) is 3.36. The monoisotopic (exact) mass is 361 g/mol. The van der Waals surface area contributed by atoms with Crippen LogP contribution in [0.4, 0.5) is 10.1 Å². The Bertz CT molecular complexity index is 480. The van der Waals surface area contributed by atoms with Crippen molar-refractivity contribution < 1.29 is 4.39 Å². The van der Waals surface area contributed by atoms with Crippen molar-refractivity contribution >= 4 is 38.8 Å². The number of halogens is 2. The molecule has 1 rings (SSSR count). The average molecular weight is 362 g/mol. The fraction of sp³-hybridized carbons (Fsp3) is 0.500. The molecule has 0 heterocycles. The molecule has 0 aromatic heterocycles. The van der Waals surface area contributed by atoms with Crippen molar-refractivity contribution in [2.24, 2.45) is 5.73 Å². The third kappa shape index (κ3) is 4.68. The van der Waals surface area contributed by atoms with E-state index >= 15 is 0 Å². The zero-order valence-electron chi connectivity index (χ0n) is 12.0. The molecule has 0 saturated heterocycles. The highest BCUT2D eigenvalue weighted by Gasteiger charge is 2.12. The first kappa shape index (κ1) is 17.3. The third-order valence-corrected chi connectivity index (χ3v) is 4.23. The van der Waals surface area contributed by atoms with Crippen molar-refractivity contribution in [3.8, 4) is 0 Å². The van der Waals surface area contributed by atoms with E-state index < -0.39 is 0 Å². The number of rotatable bonds is 7. The standard InChI is InChI=1S/C14H21BrFN3S/c1-9(2)19(3)8-4-7-18-11-6-5-10(14(17)20)12(15)13(11)16/h5-6,9,18H,4,7-8H2,1-3H3,(H2,17,20). The Morgan fingerprint density at radius 1 is 1.50 bits per heavy atom. The summed E-state index contributed by atoms with van der Waals surface area (Å²) < 4.78 is 14.4. The van der Waals surface area contributed by atoms with Crippen molar-refractivity contribution in [1.82, 2.24) is 4.90 Å². The van der Waals surface area contributed by atoms with Crippen molar-refractivity contribution in [3.63, 3.8) is 0 Å². The van der Waals surface area contributed by atoms with Gasteiger partial charge in [0.05, 0.1) is 10.2 Å². The fourth-order valence-electron chi connectivity index (χ4n) is 1.69. The molecule has 3 N–H and O–H groups in total. The van der Waals surface area contributed by atoms with E-state index in [2.05, 4.69) is 47.0 Å². The molecule has 0 aliphatic heterocycles. The van der Waals surface area contributed by atoms with Crippen LogP contribution in [-0.2, 0) is 0 Å². The summed E-state index contributed by atoms with van der Waals surface area (Å²) in [7, 11) is 2.08. The number of hydrogen-bond donors (Lipinski definition) is 2. The Kier molecular flexibility index (Phi) is 6.85. The van der Waals surface area contributed by atoms with Crippen LogP contribution in [0.15, 0.2) is 16.6 Å². The molecule has 112 valence electrons. The number of anilines is 1. The van der Waals surface area contributed by atoms with Gasteiger partial charge in [-0.15, -0.1) is 0 Å². The van der Waals surface area contributed by atoms with E-state index in [-0.39, 0.29) is 10.8 Å². The second-order valence-electron chi connectivity index (χ2n) is 5.01. The van der Waals surface area contributed by atoms with Crippen LogP contribution in [0.5, 0.6) is 0 Å². The van der Waals surface area contributed by atoms with Crippen LogP contribution in [0.25, 0.3) is 0 Å². The highest BCUT2D eigenvalue weighted by atomic mass is 79.9. The summed E-state index contributed by atoms with van der Waals surface area (Å²) in [4.78, 5) is 2.44. The second kappa shape index (κ2) is 7.90. The van der Waals surface area contributed by atoms with E-state index in [0.29, 0.717) is 28.3 Å². The lowest BCUT2D eigenvalue weighted by Gasteiger charge is -2.21. The highest BCUT2D eigenvalue weighted by Crippen LogP contribution is 2.27. The maximum Gasteiger partial charge on any atom is 0.161 e. The third-order valence-electron chi connectivity index (χ3n) is 3.23. The molecule has 6 heteroatoms. The maximum absolute atomic E-state index is 14.1. The highest BCUT2D eigenvalue weighted by molar-refractivity contribution is 9.10. The van der Waals surface area contributed by atoms with Crippen LogP contribution in [0.3, 0.4) is 0 Å². The van der Waals surface area contributed by atoms with Gasteiger partial charge in [0.15, 0.2) is 5.82 Å². The van der Waals surface area contributed by atoms with Gasteiger partial charge in [0.2, 0.25) is 0 Å². The SMILES string of the molecule is CC(C)N(C)CCCNc1ccc(C(N)=S)c(Br)c1F. The van der Waals surface area contributed by atoms with E-state index in [1.807, 2.05) is 0 Å². The van der Waals surface area contributed by atoms with Gasteiger partial charge in [0.25, 0.3) is 0 Å². The number of benzene rings is 1. The summed E-state index contributed by atoms with van der Waals surface area (Å²) in [5.41, 5.74) is 6.50. The van der Waals surface area contributed by atoms with Crippen LogP contribution in [0.2, 0.25) is 0 Å². The number of nitrogens with one attached hydrogen (secondary N) is 1. The van der Waals surface area contributed by atoms with Crippen molar-refractivity contribution in [2.45, 2.75) is 26.3 Å². The molecule has 0 spiro atoms. The van der Waals surface area contributed by atoms with Crippen molar-refractivity contribution in [1.29, 1.82) is 0 Å². The lowest BCUT2D eigenvalue weighted by Crippen LogP contribution is -2.28. The second-order valence-corrected chi connectivity index (χ2v) is 6.24. The smallest absolute Gasteiger partial charge is 0.161 e. The van der Waals surface area contributed by atoms with Crippen LogP contribution in [-0.4, -0.2) is 36.1 Å². The quantitative estimate of drug-likeness (QED) is 0.577. The lowest BCUT2D eigenvalue weighted by molar-refractivity contribution is 0.273. The normalized spacial score (nSPS) is 11.2. The molecule has 1 aromatic carbocycles. The van der Waals surface area contributed by atoms with E-state index in [9.17, 15) is 4.39 Å². The first-order valence-electron chi connectivity index (χ1n) is 6.56. The van der Waals surface area contributed by atoms with Gasteiger partial charge in [-0.05, 0) is 61.9 Å². The van der Waals surface area contributed by atoms with E-state index in [1.54, 1.807) is 12.1 Å². The molecule has 0 fully saturated rings. The average Bonchev–Trinajstić information content (AvgIpc) is 2.38. The summed E-state index contributed by atoms with van der Waals surface area (Å²) in [5.74, 6) is -0.354. The summed E-state index contributed by atoms with van der Waals surface area (Å²) in [6.07, 6.45) is 0.947. The minimum absolute atomic E-state index is 0.181. The molecule has 20 heavy (non-hydrogen) atoms. The largest absolute Gasteiger partial charge is 0.389 e. The van der Waals surface area contributed by atoms with Gasteiger partial charge in [-0.3, -0.25) is 0 Å². The Morgan fingerprint density at radius 3 is 2.70 bits per heavy atom. The van der Waals surface area contributed by atoms with Crippen molar-refractivity contribution in [2.75, 3.05) is 25.5 Å². The molecule has 0 amide bonds. The Hall–Kier alpha value is -0.720. The molecule has 0 bridgehead atoms. The Labute approximate surface area is 133 Å². The van der Waals surface area contributed by atoms with Crippen LogP contribution in [0, 0.1) is 5.82 Å². The van der Waals surface area contributed by atoms with Crippen LogP contribution < -0.4 is 11.1 Å². The minimum atomic E-state index is -0.354. The molecule has 0 aliphatic rings.